The number of rotatable bonds is 6. The van der Waals surface area contributed by atoms with Crippen molar-refractivity contribution in [2.45, 2.75) is 25.3 Å². The van der Waals surface area contributed by atoms with Crippen LogP contribution in [0.2, 0.25) is 0 Å². The number of halogens is 1. The third-order valence-electron chi connectivity index (χ3n) is 2.79. The molecule has 0 spiro atoms. The summed E-state index contributed by atoms with van der Waals surface area (Å²) < 4.78 is 25.7. The van der Waals surface area contributed by atoms with Crippen LogP contribution in [0.1, 0.15) is 19.3 Å². The van der Waals surface area contributed by atoms with E-state index < -0.39 is 10.0 Å². The molecule has 0 saturated carbocycles. The molecule has 1 atom stereocenters. The second-order valence-corrected chi connectivity index (χ2v) is 6.95. The van der Waals surface area contributed by atoms with Crippen molar-refractivity contribution in [1.29, 1.82) is 0 Å². The lowest BCUT2D eigenvalue weighted by atomic mass is 10.2. The molecule has 1 aliphatic rings. The Balaban J connectivity index is 2.63. The molecule has 1 fully saturated rings. The van der Waals surface area contributed by atoms with E-state index in [0.29, 0.717) is 18.8 Å². The molecule has 96 valence electrons. The predicted molar refractivity (Wildman–Crippen MR) is 67.4 cm³/mol. The maximum absolute atomic E-state index is 12.0. The molecule has 4 nitrogen and oxygen atoms in total. The van der Waals surface area contributed by atoms with Crippen LogP contribution >= 0.6 is 11.6 Å². The number of sulfonamides is 1. The van der Waals surface area contributed by atoms with E-state index in [2.05, 4.69) is 0 Å². The fourth-order valence-electron chi connectivity index (χ4n) is 2.13. The van der Waals surface area contributed by atoms with Gasteiger partial charge in [0, 0.05) is 25.0 Å². The summed E-state index contributed by atoms with van der Waals surface area (Å²) in [5.74, 6) is 0.589. The fourth-order valence-corrected chi connectivity index (χ4v) is 4.20. The van der Waals surface area contributed by atoms with Gasteiger partial charge in [0.1, 0.15) is 0 Å². The van der Waals surface area contributed by atoms with Gasteiger partial charge in [-0.1, -0.05) is 0 Å². The Morgan fingerprint density at radius 2 is 2.12 bits per heavy atom. The Kier molecular flexibility index (Phi) is 5.50. The first-order valence-electron chi connectivity index (χ1n) is 5.67. The third-order valence-corrected chi connectivity index (χ3v) is 5.06. The standard InChI is InChI=1S/C10H21ClN2O2S/c1-12(2)9-10-5-3-7-13(10)16(14,15)8-4-6-11/h10H,3-9H2,1-2H3. The van der Waals surface area contributed by atoms with Gasteiger partial charge in [-0.2, -0.15) is 4.31 Å². The van der Waals surface area contributed by atoms with Gasteiger partial charge >= 0.3 is 0 Å². The molecule has 1 heterocycles. The highest BCUT2D eigenvalue weighted by atomic mass is 35.5. The number of hydrogen-bond acceptors (Lipinski definition) is 3. The molecule has 0 aromatic carbocycles. The average Bonchev–Trinajstić information content (AvgIpc) is 2.62. The fraction of sp³-hybridized carbons (Fsp3) is 1.00. The molecule has 0 amide bonds. The van der Waals surface area contributed by atoms with Crippen LogP contribution in [0, 0.1) is 0 Å². The summed E-state index contributed by atoms with van der Waals surface area (Å²) in [6.45, 7) is 1.48. The van der Waals surface area contributed by atoms with Gasteiger partial charge in [0.2, 0.25) is 10.0 Å². The van der Waals surface area contributed by atoms with Crippen LogP contribution in [-0.4, -0.2) is 62.5 Å². The van der Waals surface area contributed by atoms with Gasteiger partial charge in [0.15, 0.2) is 0 Å². The van der Waals surface area contributed by atoms with E-state index in [1.807, 2.05) is 19.0 Å². The van der Waals surface area contributed by atoms with Crippen molar-refractivity contribution in [3.63, 3.8) is 0 Å². The van der Waals surface area contributed by atoms with E-state index in [-0.39, 0.29) is 11.8 Å². The summed E-state index contributed by atoms with van der Waals surface area (Å²) in [4.78, 5) is 2.04. The van der Waals surface area contributed by atoms with Crippen LogP contribution in [0.4, 0.5) is 0 Å². The second kappa shape index (κ2) is 6.19. The zero-order valence-corrected chi connectivity index (χ0v) is 11.6. The quantitative estimate of drug-likeness (QED) is 0.674. The van der Waals surface area contributed by atoms with Gasteiger partial charge in [0.25, 0.3) is 0 Å². The van der Waals surface area contributed by atoms with Gasteiger partial charge in [0.05, 0.1) is 5.75 Å². The highest BCUT2D eigenvalue weighted by Crippen LogP contribution is 2.22. The maximum atomic E-state index is 12.0. The summed E-state index contributed by atoms with van der Waals surface area (Å²) in [5.41, 5.74) is 0. The minimum atomic E-state index is -3.09. The number of nitrogens with zero attached hydrogens (tertiary/aromatic N) is 2. The van der Waals surface area contributed by atoms with Gasteiger partial charge in [-0.25, -0.2) is 8.42 Å². The van der Waals surface area contributed by atoms with Crippen molar-refractivity contribution in [2.75, 3.05) is 38.8 Å². The van der Waals surface area contributed by atoms with Crippen molar-refractivity contribution in [3.8, 4) is 0 Å². The van der Waals surface area contributed by atoms with Gasteiger partial charge in [-0.15, -0.1) is 11.6 Å². The van der Waals surface area contributed by atoms with Crippen molar-refractivity contribution in [2.24, 2.45) is 0 Å². The van der Waals surface area contributed by atoms with Gasteiger partial charge in [-0.3, -0.25) is 0 Å². The lowest BCUT2D eigenvalue weighted by molar-refractivity contribution is 0.291. The molecule has 0 aromatic heterocycles. The average molecular weight is 269 g/mol. The van der Waals surface area contributed by atoms with Gasteiger partial charge < -0.3 is 4.90 Å². The SMILES string of the molecule is CN(C)CC1CCCN1S(=O)(=O)CCCCl. The molecule has 6 heteroatoms. The molecular formula is C10H21ClN2O2S. The second-order valence-electron chi connectivity index (χ2n) is 4.53. The molecule has 1 aliphatic heterocycles. The van der Waals surface area contributed by atoms with Crippen LogP contribution < -0.4 is 0 Å². The highest BCUT2D eigenvalue weighted by molar-refractivity contribution is 7.89. The van der Waals surface area contributed by atoms with E-state index in [9.17, 15) is 8.42 Å². The van der Waals surface area contributed by atoms with Crippen LogP contribution in [-0.2, 0) is 10.0 Å². The van der Waals surface area contributed by atoms with E-state index in [1.165, 1.54) is 0 Å². The normalized spacial score (nSPS) is 23.1. The van der Waals surface area contributed by atoms with Crippen molar-refractivity contribution < 1.29 is 8.42 Å². The highest BCUT2D eigenvalue weighted by Gasteiger charge is 2.33. The zero-order chi connectivity index (χ0) is 12.2. The number of hydrogen-bond donors (Lipinski definition) is 0. The summed E-state index contributed by atoms with van der Waals surface area (Å²) in [5, 5.41) is 0. The first-order chi connectivity index (χ1) is 7.47. The van der Waals surface area contributed by atoms with E-state index >= 15 is 0 Å². The Morgan fingerprint density at radius 1 is 1.44 bits per heavy atom. The molecule has 16 heavy (non-hydrogen) atoms. The third kappa shape index (κ3) is 3.87. The minimum absolute atomic E-state index is 0.148. The topological polar surface area (TPSA) is 40.6 Å². The summed E-state index contributed by atoms with van der Waals surface area (Å²) >= 11 is 5.54. The van der Waals surface area contributed by atoms with Crippen LogP contribution in [0.5, 0.6) is 0 Å². The van der Waals surface area contributed by atoms with Gasteiger partial charge in [-0.05, 0) is 33.4 Å². The molecule has 0 radical (unpaired) electrons. The zero-order valence-electron chi connectivity index (χ0n) is 10.0. The Bertz CT molecular complexity index is 306. The Morgan fingerprint density at radius 3 is 2.69 bits per heavy atom. The van der Waals surface area contributed by atoms with Crippen LogP contribution in [0.3, 0.4) is 0 Å². The number of alkyl halides is 1. The molecule has 0 aliphatic carbocycles. The Hall–Kier alpha value is 0.160. The van der Waals surface area contributed by atoms with Crippen molar-refractivity contribution >= 4 is 21.6 Å². The molecule has 0 bridgehead atoms. The molecule has 1 unspecified atom stereocenters. The molecule has 0 N–H and O–H groups in total. The van der Waals surface area contributed by atoms with Crippen molar-refractivity contribution in [3.05, 3.63) is 0 Å². The summed E-state index contributed by atoms with van der Waals surface area (Å²) in [7, 11) is 0.853. The van der Waals surface area contributed by atoms with E-state index in [0.717, 1.165) is 19.4 Å². The van der Waals surface area contributed by atoms with Crippen molar-refractivity contribution in [1.82, 2.24) is 9.21 Å². The monoisotopic (exact) mass is 268 g/mol. The first-order valence-corrected chi connectivity index (χ1v) is 7.82. The predicted octanol–water partition coefficient (Wildman–Crippen LogP) is 0.971. The largest absolute Gasteiger partial charge is 0.308 e. The van der Waals surface area contributed by atoms with E-state index in [4.69, 9.17) is 11.6 Å². The first kappa shape index (κ1) is 14.2. The lowest BCUT2D eigenvalue weighted by Crippen LogP contribution is -2.42. The van der Waals surface area contributed by atoms with Crippen LogP contribution in [0.15, 0.2) is 0 Å². The summed E-state index contributed by atoms with van der Waals surface area (Å²) in [6.07, 6.45) is 2.48. The molecule has 1 saturated heterocycles. The molecule has 1 rings (SSSR count). The smallest absolute Gasteiger partial charge is 0.214 e. The Labute approximate surface area is 104 Å². The minimum Gasteiger partial charge on any atom is -0.308 e. The van der Waals surface area contributed by atoms with E-state index in [1.54, 1.807) is 4.31 Å². The number of likely N-dealkylation sites (N-methyl/N-ethyl adjacent to an activating group) is 1. The molecular weight excluding hydrogens is 248 g/mol. The lowest BCUT2D eigenvalue weighted by Gasteiger charge is -2.26. The summed E-state index contributed by atoms with van der Waals surface area (Å²) in [6, 6.07) is 0.148. The van der Waals surface area contributed by atoms with Crippen LogP contribution in [0.25, 0.3) is 0 Å². The molecule has 0 aromatic rings. The maximum Gasteiger partial charge on any atom is 0.214 e.